The Morgan fingerprint density at radius 2 is 2.00 bits per heavy atom. The summed E-state index contributed by atoms with van der Waals surface area (Å²) in [4.78, 5) is 38.3. The first-order valence-corrected chi connectivity index (χ1v) is 9.72. The number of benzene rings is 2. The predicted octanol–water partition coefficient (Wildman–Crippen LogP) is 2.71. The van der Waals surface area contributed by atoms with Crippen molar-refractivity contribution in [2.45, 2.75) is 18.9 Å². The third-order valence-electron chi connectivity index (χ3n) is 4.49. The maximum Gasteiger partial charge on any atom is 0.265 e. The summed E-state index contributed by atoms with van der Waals surface area (Å²) in [5.74, 6) is -0.256. The van der Waals surface area contributed by atoms with Gasteiger partial charge in [-0.3, -0.25) is 19.3 Å². The Kier molecular flexibility index (Phi) is 5.04. The average Bonchev–Trinajstić information content (AvgIpc) is 3.48. The van der Waals surface area contributed by atoms with E-state index in [-0.39, 0.29) is 36.9 Å². The lowest BCUT2D eigenvalue weighted by Gasteiger charge is -2.29. The fourth-order valence-corrected chi connectivity index (χ4v) is 3.27. The van der Waals surface area contributed by atoms with Crippen LogP contribution >= 0.6 is 15.9 Å². The van der Waals surface area contributed by atoms with E-state index in [0.29, 0.717) is 22.7 Å². The Balaban J connectivity index is 1.45. The SMILES string of the molecule is O=C(CN1C(=O)COc2cc(Br)ccc21)Nc1cccc(C(=O)NC2CC2)c1. The molecule has 7 nitrogen and oxygen atoms in total. The molecular weight excluding hydrogens is 426 g/mol. The zero-order valence-corrected chi connectivity index (χ0v) is 16.5. The Morgan fingerprint density at radius 3 is 2.79 bits per heavy atom. The van der Waals surface area contributed by atoms with Crippen LogP contribution in [0.2, 0.25) is 0 Å². The van der Waals surface area contributed by atoms with Crippen LogP contribution in [0.25, 0.3) is 0 Å². The summed E-state index contributed by atoms with van der Waals surface area (Å²) >= 11 is 3.36. The minimum Gasteiger partial charge on any atom is -0.482 e. The number of hydrogen-bond donors (Lipinski definition) is 2. The lowest BCUT2D eigenvalue weighted by Crippen LogP contribution is -2.43. The molecule has 2 aromatic carbocycles. The van der Waals surface area contributed by atoms with Gasteiger partial charge in [-0.05, 0) is 49.2 Å². The van der Waals surface area contributed by atoms with Gasteiger partial charge in [-0.2, -0.15) is 0 Å². The van der Waals surface area contributed by atoms with Crippen molar-refractivity contribution in [3.63, 3.8) is 0 Å². The Hall–Kier alpha value is -2.87. The van der Waals surface area contributed by atoms with Crippen molar-refractivity contribution in [1.29, 1.82) is 0 Å². The Morgan fingerprint density at radius 1 is 1.18 bits per heavy atom. The topological polar surface area (TPSA) is 87.7 Å². The highest BCUT2D eigenvalue weighted by Crippen LogP contribution is 2.34. The standard InChI is InChI=1S/C20H18BrN3O4/c21-13-4-7-16-17(9-13)28-11-19(26)24(16)10-18(25)22-15-3-1-2-12(8-15)20(27)23-14-5-6-14/h1-4,7-9,14H,5-6,10-11H2,(H,22,25)(H,23,27). The Bertz CT molecular complexity index is 958. The van der Waals surface area contributed by atoms with Gasteiger partial charge in [0, 0.05) is 21.8 Å². The number of hydrogen-bond acceptors (Lipinski definition) is 4. The fourth-order valence-electron chi connectivity index (χ4n) is 2.93. The molecule has 0 spiro atoms. The summed E-state index contributed by atoms with van der Waals surface area (Å²) < 4.78 is 6.25. The summed E-state index contributed by atoms with van der Waals surface area (Å²) in [5, 5.41) is 5.67. The molecule has 0 atom stereocenters. The van der Waals surface area contributed by atoms with E-state index in [4.69, 9.17) is 4.74 Å². The van der Waals surface area contributed by atoms with Crippen LogP contribution in [0.5, 0.6) is 5.75 Å². The minimum atomic E-state index is -0.358. The lowest BCUT2D eigenvalue weighted by atomic mass is 10.2. The summed E-state index contributed by atoms with van der Waals surface area (Å²) in [6.45, 7) is -0.261. The number of carbonyl (C=O) groups is 3. The number of fused-ring (bicyclic) bond motifs is 1. The quantitative estimate of drug-likeness (QED) is 0.743. The van der Waals surface area contributed by atoms with Crippen LogP contribution in [-0.4, -0.2) is 36.9 Å². The molecule has 1 aliphatic carbocycles. The molecule has 0 aromatic heterocycles. The van der Waals surface area contributed by atoms with Crippen LogP contribution in [0.4, 0.5) is 11.4 Å². The highest BCUT2D eigenvalue weighted by Gasteiger charge is 2.28. The van der Waals surface area contributed by atoms with Gasteiger partial charge in [0.05, 0.1) is 5.69 Å². The van der Waals surface area contributed by atoms with Gasteiger partial charge in [0.1, 0.15) is 12.3 Å². The first kappa shape index (κ1) is 18.5. The van der Waals surface area contributed by atoms with E-state index in [1.807, 2.05) is 0 Å². The van der Waals surface area contributed by atoms with Gasteiger partial charge in [-0.15, -0.1) is 0 Å². The van der Waals surface area contributed by atoms with Crippen LogP contribution in [0, 0.1) is 0 Å². The van der Waals surface area contributed by atoms with E-state index in [2.05, 4.69) is 26.6 Å². The molecule has 0 bridgehead atoms. The predicted molar refractivity (Wildman–Crippen MR) is 108 cm³/mol. The van der Waals surface area contributed by atoms with Crippen molar-refractivity contribution in [3.8, 4) is 5.75 Å². The van der Waals surface area contributed by atoms with Crippen LogP contribution in [-0.2, 0) is 9.59 Å². The summed E-state index contributed by atoms with van der Waals surface area (Å²) in [6.07, 6.45) is 2.02. The van der Waals surface area contributed by atoms with Gasteiger partial charge in [0.2, 0.25) is 5.91 Å². The third-order valence-corrected chi connectivity index (χ3v) is 4.98. The molecule has 4 rings (SSSR count). The smallest absolute Gasteiger partial charge is 0.265 e. The van der Waals surface area contributed by atoms with Gasteiger partial charge in [-0.1, -0.05) is 22.0 Å². The van der Waals surface area contributed by atoms with Crippen molar-refractivity contribution in [1.82, 2.24) is 5.32 Å². The van der Waals surface area contributed by atoms with Gasteiger partial charge >= 0.3 is 0 Å². The van der Waals surface area contributed by atoms with E-state index in [0.717, 1.165) is 17.3 Å². The van der Waals surface area contributed by atoms with Crippen LogP contribution in [0.3, 0.4) is 0 Å². The summed E-state index contributed by atoms with van der Waals surface area (Å²) in [6, 6.07) is 12.3. The molecule has 0 saturated heterocycles. The first-order valence-electron chi connectivity index (χ1n) is 8.93. The van der Waals surface area contributed by atoms with Crippen molar-refractivity contribution in [3.05, 3.63) is 52.5 Å². The maximum absolute atomic E-state index is 12.5. The number of nitrogens with zero attached hydrogens (tertiary/aromatic N) is 1. The molecular formula is C20H18BrN3O4. The molecule has 2 N–H and O–H groups in total. The molecule has 8 heteroatoms. The molecule has 1 fully saturated rings. The molecule has 0 unspecified atom stereocenters. The second-order valence-corrected chi connectivity index (χ2v) is 7.67. The van der Waals surface area contributed by atoms with Crippen molar-refractivity contribution >= 4 is 45.0 Å². The molecule has 28 heavy (non-hydrogen) atoms. The average molecular weight is 444 g/mol. The number of amides is 3. The van der Waals surface area contributed by atoms with Gasteiger partial charge in [0.25, 0.3) is 11.8 Å². The van der Waals surface area contributed by atoms with E-state index in [1.54, 1.807) is 42.5 Å². The van der Waals surface area contributed by atoms with Crippen molar-refractivity contribution < 1.29 is 19.1 Å². The van der Waals surface area contributed by atoms with Crippen LogP contribution < -0.4 is 20.3 Å². The number of rotatable bonds is 5. The van der Waals surface area contributed by atoms with Gasteiger partial charge in [0.15, 0.2) is 6.61 Å². The molecule has 2 aliphatic rings. The second kappa shape index (κ2) is 7.63. The van der Waals surface area contributed by atoms with E-state index in [1.165, 1.54) is 4.90 Å². The van der Waals surface area contributed by atoms with Gasteiger partial charge in [-0.25, -0.2) is 0 Å². The minimum absolute atomic E-state index is 0.118. The Labute approximate surface area is 170 Å². The zero-order valence-electron chi connectivity index (χ0n) is 14.9. The largest absolute Gasteiger partial charge is 0.482 e. The molecule has 3 amide bonds. The lowest BCUT2D eigenvalue weighted by molar-refractivity contribution is -0.123. The van der Waals surface area contributed by atoms with Crippen molar-refractivity contribution in [2.24, 2.45) is 0 Å². The molecule has 1 aliphatic heterocycles. The maximum atomic E-state index is 12.5. The van der Waals surface area contributed by atoms with E-state index >= 15 is 0 Å². The first-order chi connectivity index (χ1) is 13.5. The third kappa shape index (κ3) is 4.17. The summed E-state index contributed by atoms with van der Waals surface area (Å²) in [7, 11) is 0. The number of ether oxygens (including phenoxy) is 1. The zero-order chi connectivity index (χ0) is 19.7. The molecule has 0 radical (unpaired) electrons. The number of anilines is 2. The van der Waals surface area contributed by atoms with E-state index < -0.39 is 0 Å². The van der Waals surface area contributed by atoms with Crippen LogP contribution in [0.15, 0.2) is 46.9 Å². The number of nitrogens with one attached hydrogen (secondary N) is 2. The normalized spacial score (nSPS) is 15.5. The molecule has 2 aromatic rings. The molecule has 1 heterocycles. The number of halogens is 1. The second-order valence-electron chi connectivity index (χ2n) is 6.76. The van der Waals surface area contributed by atoms with E-state index in [9.17, 15) is 14.4 Å². The van der Waals surface area contributed by atoms with Crippen LogP contribution in [0.1, 0.15) is 23.2 Å². The van der Waals surface area contributed by atoms with Crippen molar-refractivity contribution in [2.75, 3.05) is 23.4 Å². The number of carbonyl (C=O) groups excluding carboxylic acids is 3. The monoisotopic (exact) mass is 443 g/mol. The highest BCUT2D eigenvalue weighted by molar-refractivity contribution is 9.10. The van der Waals surface area contributed by atoms with Gasteiger partial charge < -0.3 is 15.4 Å². The highest BCUT2D eigenvalue weighted by atomic mass is 79.9. The fraction of sp³-hybridized carbons (Fsp3) is 0.250. The molecule has 144 valence electrons. The summed E-state index contributed by atoms with van der Waals surface area (Å²) in [5.41, 5.74) is 1.54. The molecule has 1 saturated carbocycles.